The second-order valence-corrected chi connectivity index (χ2v) is 11.2. The van der Waals surface area contributed by atoms with Gasteiger partial charge in [0, 0.05) is 11.3 Å². The minimum absolute atomic E-state index is 0.0257. The molecule has 0 amide bonds. The van der Waals surface area contributed by atoms with Crippen molar-refractivity contribution in [3.63, 3.8) is 0 Å². The van der Waals surface area contributed by atoms with Crippen molar-refractivity contribution in [2.24, 2.45) is 22.2 Å². The third-order valence-electron chi connectivity index (χ3n) is 8.29. The molecule has 0 aromatic carbocycles. The zero-order valence-corrected chi connectivity index (χ0v) is 17.5. The summed E-state index contributed by atoms with van der Waals surface area (Å²) in [6.07, 6.45) is 6.51. The highest BCUT2D eigenvalue weighted by atomic mass is 32.3. The second kappa shape index (κ2) is 6.03. The molecule has 0 spiro atoms. The SMILES string of the molecule is C[C@]1(CCOS(=O)(=O)O)CC[C@@]2(O)C(=C[C@H]3OC(=O)[C@@]4(C)CCC[C@@]2(C)C34)C1. The number of hydrogen-bond acceptors (Lipinski definition) is 6. The Balaban J connectivity index is 1.64. The smallest absolute Gasteiger partial charge is 0.397 e. The van der Waals surface area contributed by atoms with Gasteiger partial charge in [0.1, 0.15) is 6.10 Å². The van der Waals surface area contributed by atoms with Crippen molar-refractivity contribution in [3.8, 4) is 0 Å². The summed E-state index contributed by atoms with van der Waals surface area (Å²) in [5, 5.41) is 11.9. The van der Waals surface area contributed by atoms with Crippen LogP contribution < -0.4 is 0 Å². The van der Waals surface area contributed by atoms with E-state index in [1.165, 1.54) is 0 Å². The first-order valence-corrected chi connectivity index (χ1v) is 11.5. The van der Waals surface area contributed by atoms with Gasteiger partial charge in [-0.05, 0) is 62.5 Å². The van der Waals surface area contributed by atoms with Crippen molar-refractivity contribution >= 4 is 16.4 Å². The second-order valence-electron chi connectivity index (χ2n) is 10.1. The van der Waals surface area contributed by atoms with Crippen LogP contribution in [0.15, 0.2) is 11.6 Å². The number of ether oxygens (including phenoxy) is 1. The summed E-state index contributed by atoms with van der Waals surface area (Å²) in [5.41, 5.74) is -1.30. The van der Waals surface area contributed by atoms with E-state index in [0.29, 0.717) is 25.7 Å². The molecule has 2 N–H and O–H groups in total. The molecule has 4 rings (SSSR count). The van der Waals surface area contributed by atoms with Gasteiger partial charge < -0.3 is 9.84 Å². The van der Waals surface area contributed by atoms with E-state index in [1.54, 1.807) is 0 Å². The van der Waals surface area contributed by atoms with Gasteiger partial charge in [0.25, 0.3) is 0 Å². The Morgan fingerprint density at radius 1 is 1.21 bits per heavy atom. The average Bonchev–Trinajstić information content (AvgIpc) is 2.81. The maximum atomic E-state index is 12.7. The van der Waals surface area contributed by atoms with Gasteiger partial charge in [-0.2, -0.15) is 8.42 Å². The van der Waals surface area contributed by atoms with Crippen LogP contribution in [0.5, 0.6) is 0 Å². The summed E-state index contributed by atoms with van der Waals surface area (Å²) >= 11 is 0. The Hall–Kier alpha value is -0.960. The first-order chi connectivity index (χ1) is 12.8. The molecule has 1 heterocycles. The predicted octanol–water partition coefficient (Wildman–Crippen LogP) is 2.80. The highest BCUT2D eigenvalue weighted by Gasteiger charge is 2.70. The van der Waals surface area contributed by atoms with Crippen LogP contribution in [0, 0.1) is 22.2 Å². The molecule has 3 aliphatic carbocycles. The molecule has 1 aliphatic heterocycles. The van der Waals surface area contributed by atoms with Gasteiger partial charge in [-0.1, -0.05) is 20.3 Å². The van der Waals surface area contributed by atoms with Gasteiger partial charge in [-0.25, -0.2) is 4.18 Å². The molecule has 158 valence electrons. The number of carbonyl (C=O) groups is 1. The maximum absolute atomic E-state index is 12.7. The van der Waals surface area contributed by atoms with E-state index in [4.69, 9.17) is 9.29 Å². The maximum Gasteiger partial charge on any atom is 0.397 e. The molecule has 6 atom stereocenters. The molecule has 2 saturated carbocycles. The fourth-order valence-corrected chi connectivity index (χ4v) is 7.00. The van der Waals surface area contributed by atoms with E-state index in [1.807, 2.05) is 19.9 Å². The van der Waals surface area contributed by atoms with Crippen molar-refractivity contribution in [3.05, 3.63) is 11.6 Å². The van der Waals surface area contributed by atoms with Crippen LogP contribution in [0.2, 0.25) is 0 Å². The Labute approximate surface area is 166 Å². The Bertz CT molecular complexity index is 835. The number of fused-ring (bicyclic) bond motifs is 2. The van der Waals surface area contributed by atoms with Crippen molar-refractivity contribution < 1.29 is 31.8 Å². The summed E-state index contributed by atoms with van der Waals surface area (Å²) in [5.74, 6) is -0.181. The van der Waals surface area contributed by atoms with Crippen LogP contribution in [0.1, 0.15) is 65.7 Å². The van der Waals surface area contributed by atoms with Crippen LogP contribution in [0.3, 0.4) is 0 Å². The van der Waals surface area contributed by atoms with Crippen LogP contribution in [-0.2, 0) is 24.1 Å². The molecule has 8 heteroatoms. The van der Waals surface area contributed by atoms with Gasteiger partial charge in [0.15, 0.2) is 0 Å². The Morgan fingerprint density at radius 3 is 2.61 bits per heavy atom. The third-order valence-corrected chi connectivity index (χ3v) is 8.75. The normalized spacial score (nSPS) is 47.8. The summed E-state index contributed by atoms with van der Waals surface area (Å²) in [6.45, 7) is 6.04. The van der Waals surface area contributed by atoms with Gasteiger partial charge in [0.2, 0.25) is 0 Å². The monoisotopic (exact) mass is 414 g/mol. The molecule has 28 heavy (non-hydrogen) atoms. The van der Waals surface area contributed by atoms with Gasteiger partial charge in [-0.15, -0.1) is 0 Å². The van der Waals surface area contributed by atoms with E-state index in [9.17, 15) is 18.3 Å². The zero-order valence-electron chi connectivity index (χ0n) is 16.7. The highest BCUT2D eigenvalue weighted by molar-refractivity contribution is 7.80. The van der Waals surface area contributed by atoms with Gasteiger partial charge in [0.05, 0.1) is 17.6 Å². The number of rotatable bonds is 4. The van der Waals surface area contributed by atoms with Crippen LogP contribution in [0.25, 0.3) is 0 Å². The predicted molar refractivity (Wildman–Crippen MR) is 101 cm³/mol. The molecule has 3 fully saturated rings. The molecule has 0 radical (unpaired) electrons. The average molecular weight is 415 g/mol. The fraction of sp³-hybridized carbons (Fsp3) is 0.850. The highest BCUT2D eigenvalue weighted by Crippen LogP contribution is 2.68. The minimum Gasteiger partial charge on any atom is -0.457 e. The van der Waals surface area contributed by atoms with E-state index in [-0.39, 0.29) is 30.0 Å². The minimum atomic E-state index is -4.45. The Kier molecular flexibility index (Phi) is 4.37. The van der Waals surface area contributed by atoms with E-state index in [2.05, 4.69) is 11.1 Å². The van der Waals surface area contributed by atoms with Crippen molar-refractivity contribution in [1.29, 1.82) is 0 Å². The number of hydrogen-bond donors (Lipinski definition) is 2. The molecule has 7 nitrogen and oxygen atoms in total. The van der Waals surface area contributed by atoms with Gasteiger partial charge in [-0.3, -0.25) is 9.35 Å². The molecule has 1 saturated heterocycles. The molecule has 0 aromatic heterocycles. The lowest BCUT2D eigenvalue weighted by Gasteiger charge is -2.61. The van der Waals surface area contributed by atoms with Crippen molar-refractivity contribution in [2.75, 3.05) is 6.61 Å². The molecular weight excluding hydrogens is 384 g/mol. The first-order valence-electron chi connectivity index (χ1n) is 10.1. The molecule has 1 unspecified atom stereocenters. The van der Waals surface area contributed by atoms with E-state index in [0.717, 1.165) is 24.8 Å². The summed E-state index contributed by atoms with van der Waals surface area (Å²) in [7, 11) is -4.45. The number of carbonyl (C=O) groups excluding carboxylic acids is 1. The molecular formula is C20H30O7S. The molecule has 4 aliphatic rings. The van der Waals surface area contributed by atoms with Crippen molar-refractivity contribution in [1.82, 2.24) is 0 Å². The lowest BCUT2D eigenvalue weighted by Crippen LogP contribution is -2.63. The van der Waals surface area contributed by atoms with E-state index < -0.39 is 26.8 Å². The molecule has 0 aromatic rings. The van der Waals surface area contributed by atoms with Crippen molar-refractivity contribution in [2.45, 2.75) is 77.4 Å². The zero-order chi connectivity index (χ0) is 20.6. The topological polar surface area (TPSA) is 110 Å². The summed E-state index contributed by atoms with van der Waals surface area (Å²) < 4.78 is 40.8. The number of esters is 1. The fourth-order valence-electron chi connectivity index (χ4n) is 6.70. The summed E-state index contributed by atoms with van der Waals surface area (Å²) in [6, 6.07) is 0. The van der Waals surface area contributed by atoms with Crippen LogP contribution >= 0.6 is 0 Å². The third kappa shape index (κ3) is 2.79. The standard InChI is InChI=1S/C20H30O7S/c1-17(9-10-26-28(23,24)25)7-8-20(22)13(12-17)11-14-15-18(2,16(21)27-14)5-4-6-19(15,20)3/h11,14-15,22H,4-10,12H2,1-3H3,(H,23,24,25)/t14-,15?,17-,18+,19+,20-/m1/s1. The first kappa shape index (κ1) is 20.3. The van der Waals surface area contributed by atoms with Crippen LogP contribution in [-0.4, -0.2) is 42.4 Å². The number of aliphatic hydroxyl groups is 1. The molecule has 0 bridgehead atoms. The van der Waals surface area contributed by atoms with Gasteiger partial charge >= 0.3 is 16.4 Å². The lowest BCUT2D eigenvalue weighted by atomic mass is 9.43. The van der Waals surface area contributed by atoms with Crippen LogP contribution in [0.4, 0.5) is 0 Å². The Morgan fingerprint density at radius 2 is 1.93 bits per heavy atom. The summed E-state index contributed by atoms with van der Waals surface area (Å²) in [4.78, 5) is 12.7. The largest absolute Gasteiger partial charge is 0.457 e. The van der Waals surface area contributed by atoms with E-state index >= 15 is 0 Å². The quantitative estimate of drug-likeness (QED) is 0.413. The lowest BCUT2D eigenvalue weighted by molar-refractivity contribution is -0.163.